The zero-order chi connectivity index (χ0) is 15.6. The maximum atomic E-state index is 10.4. The van der Waals surface area contributed by atoms with Crippen LogP contribution in [0.1, 0.15) is 42.2 Å². The monoisotopic (exact) mass is 290 g/mol. The highest BCUT2D eigenvalue weighted by Crippen LogP contribution is 2.17. The van der Waals surface area contributed by atoms with Crippen LogP contribution in [0, 0.1) is 13.8 Å². The van der Waals surface area contributed by atoms with E-state index in [1.165, 1.54) is 0 Å². The molecule has 0 radical (unpaired) electrons. The average Bonchev–Trinajstić information content (AvgIpc) is 2.95. The van der Waals surface area contributed by atoms with E-state index >= 15 is 0 Å². The number of aromatic nitrogens is 4. The quantitative estimate of drug-likeness (QED) is 0.885. The van der Waals surface area contributed by atoms with Crippen LogP contribution in [0.3, 0.4) is 0 Å². The van der Waals surface area contributed by atoms with Gasteiger partial charge in [0.05, 0.1) is 17.5 Å². The van der Waals surface area contributed by atoms with Gasteiger partial charge in [-0.2, -0.15) is 10.2 Å². The Hall–Kier alpha value is -1.62. The van der Waals surface area contributed by atoms with Crippen LogP contribution in [-0.4, -0.2) is 30.8 Å². The van der Waals surface area contributed by atoms with Crippen LogP contribution in [0.2, 0.25) is 0 Å². The van der Waals surface area contributed by atoms with E-state index in [9.17, 15) is 5.11 Å². The summed E-state index contributed by atoms with van der Waals surface area (Å²) in [4.78, 5) is 0. The maximum Gasteiger partial charge on any atom is 0.0637 e. The van der Waals surface area contributed by atoms with Gasteiger partial charge >= 0.3 is 0 Å². The Morgan fingerprint density at radius 3 is 2.43 bits per heavy atom. The summed E-state index contributed by atoms with van der Waals surface area (Å²) >= 11 is 0. The zero-order valence-electron chi connectivity index (χ0n) is 13.7. The molecule has 0 fully saturated rings. The molecule has 2 aromatic rings. The van der Waals surface area contributed by atoms with E-state index in [0.29, 0.717) is 12.8 Å². The van der Waals surface area contributed by atoms with Crippen LogP contribution in [0.4, 0.5) is 0 Å². The molecule has 2 rings (SSSR count). The predicted octanol–water partition coefficient (Wildman–Crippen LogP) is 1.96. The summed E-state index contributed by atoms with van der Waals surface area (Å²) < 4.78 is 3.87. The van der Waals surface area contributed by atoms with Crippen molar-refractivity contribution in [1.82, 2.24) is 19.6 Å². The molecule has 2 heterocycles. The second-order valence-electron chi connectivity index (χ2n) is 5.63. The first-order chi connectivity index (χ1) is 9.96. The van der Waals surface area contributed by atoms with Crippen LogP contribution >= 0.6 is 0 Å². The third-order valence-corrected chi connectivity index (χ3v) is 4.12. The van der Waals surface area contributed by atoms with Crippen molar-refractivity contribution in [2.75, 3.05) is 0 Å². The van der Waals surface area contributed by atoms with Gasteiger partial charge in [-0.1, -0.05) is 6.92 Å². The molecule has 0 aromatic carbocycles. The minimum atomic E-state index is -0.404. The molecule has 2 aromatic heterocycles. The van der Waals surface area contributed by atoms with Crippen molar-refractivity contribution in [1.29, 1.82) is 0 Å². The minimum Gasteiger partial charge on any atom is -0.392 e. The number of hydrogen-bond acceptors (Lipinski definition) is 3. The van der Waals surface area contributed by atoms with Crippen molar-refractivity contribution in [3.8, 4) is 0 Å². The predicted molar refractivity (Wildman–Crippen MR) is 83.4 cm³/mol. The highest BCUT2D eigenvalue weighted by Gasteiger charge is 2.16. The molecule has 0 aliphatic heterocycles. The summed E-state index contributed by atoms with van der Waals surface area (Å²) in [6, 6.07) is 2.11. The molecule has 0 saturated heterocycles. The number of aliphatic hydroxyl groups is 1. The lowest BCUT2D eigenvalue weighted by molar-refractivity contribution is 0.172. The lowest BCUT2D eigenvalue weighted by Gasteiger charge is -2.12. The molecule has 0 saturated carbocycles. The van der Waals surface area contributed by atoms with Gasteiger partial charge in [-0.25, -0.2) is 0 Å². The van der Waals surface area contributed by atoms with Crippen molar-refractivity contribution in [2.45, 2.75) is 59.6 Å². The van der Waals surface area contributed by atoms with E-state index in [1.807, 2.05) is 30.3 Å². The number of aliphatic hydroxyl groups excluding tert-OH is 1. The topological polar surface area (TPSA) is 55.9 Å². The Labute approximate surface area is 126 Å². The highest BCUT2D eigenvalue weighted by atomic mass is 16.3. The summed E-state index contributed by atoms with van der Waals surface area (Å²) in [5, 5.41) is 19.4. The molecular formula is C16H26N4O. The molecule has 5 heteroatoms. The van der Waals surface area contributed by atoms with Gasteiger partial charge in [-0.3, -0.25) is 9.36 Å². The van der Waals surface area contributed by atoms with Crippen molar-refractivity contribution in [3.63, 3.8) is 0 Å². The van der Waals surface area contributed by atoms with E-state index in [4.69, 9.17) is 0 Å². The van der Waals surface area contributed by atoms with Gasteiger partial charge in [0, 0.05) is 37.8 Å². The van der Waals surface area contributed by atoms with E-state index < -0.39 is 6.10 Å². The van der Waals surface area contributed by atoms with Crippen molar-refractivity contribution in [2.24, 2.45) is 7.05 Å². The molecule has 1 N–H and O–H groups in total. The first-order valence-electron chi connectivity index (χ1n) is 7.68. The van der Waals surface area contributed by atoms with Gasteiger partial charge in [0.2, 0.25) is 0 Å². The fraction of sp³-hybridized carbons (Fsp3) is 0.625. The van der Waals surface area contributed by atoms with Gasteiger partial charge in [-0.15, -0.1) is 0 Å². The van der Waals surface area contributed by atoms with Crippen molar-refractivity contribution in [3.05, 3.63) is 34.4 Å². The molecule has 0 aliphatic rings. The molecule has 0 amide bonds. The van der Waals surface area contributed by atoms with Crippen molar-refractivity contribution >= 4 is 0 Å². The molecule has 0 bridgehead atoms. The Morgan fingerprint density at radius 1 is 1.19 bits per heavy atom. The number of hydrogen-bond donors (Lipinski definition) is 1. The first kappa shape index (κ1) is 15.8. The molecule has 1 unspecified atom stereocenters. The lowest BCUT2D eigenvalue weighted by Crippen LogP contribution is -2.17. The molecule has 5 nitrogen and oxygen atoms in total. The summed E-state index contributed by atoms with van der Waals surface area (Å²) in [6.45, 7) is 9.07. The molecule has 0 spiro atoms. The zero-order valence-corrected chi connectivity index (χ0v) is 13.7. The van der Waals surface area contributed by atoms with Gasteiger partial charge < -0.3 is 5.11 Å². The Bertz CT molecular complexity index is 612. The van der Waals surface area contributed by atoms with E-state index in [0.717, 1.165) is 41.3 Å². The van der Waals surface area contributed by atoms with Crippen LogP contribution < -0.4 is 0 Å². The summed E-state index contributed by atoms with van der Waals surface area (Å²) in [5.74, 6) is 0. The van der Waals surface area contributed by atoms with E-state index in [2.05, 4.69) is 30.1 Å². The minimum absolute atomic E-state index is 0.404. The molecular weight excluding hydrogens is 264 g/mol. The molecule has 116 valence electrons. The van der Waals surface area contributed by atoms with Crippen LogP contribution in [0.15, 0.2) is 6.07 Å². The maximum absolute atomic E-state index is 10.4. The SMILES string of the molecule is CCc1cc(CC(O)Cc2c(C)nn(C)c2C)n(CC)n1. The van der Waals surface area contributed by atoms with Gasteiger partial charge in [0.1, 0.15) is 0 Å². The standard InChI is InChI=1S/C16H26N4O/c1-6-13-8-14(20(7-2)18-13)9-15(21)10-16-11(3)17-19(5)12(16)4/h8,15,21H,6-7,9-10H2,1-5H3. The van der Waals surface area contributed by atoms with Crippen LogP contribution in [0.25, 0.3) is 0 Å². The number of aryl methyl sites for hydroxylation is 4. The van der Waals surface area contributed by atoms with E-state index in [1.54, 1.807) is 0 Å². The summed E-state index contributed by atoms with van der Waals surface area (Å²) in [7, 11) is 1.94. The van der Waals surface area contributed by atoms with E-state index in [-0.39, 0.29) is 0 Å². The highest BCUT2D eigenvalue weighted by molar-refractivity contribution is 5.25. The molecule has 21 heavy (non-hydrogen) atoms. The van der Waals surface area contributed by atoms with Crippen LogP contribution in [-0.2, 0) is 32.9 Å². The Morgan fingerprint density at radius 2 is 1.90 bits per heavy atom. The normalized spacial score (nSPS) is 12.9. The Kier molecular flexibility index (Phi) is 4.83. The Balaban J connectivity index is 2.11. The van der Waals surface area contributed by atoms with Gasteiger partial charge in [0.25, 0.3) is 0 Å². The van der Waals surface area contributed by atoms with Crippen LogP contribution in [0.5, 0.6) is 0 Å². The average molecular weight is 290 g/mol. The lowest BCUT2D eigenvalue weighted by atomic mass is 10.0. The van der Waals surface area contributed by atoms with Gasteiger partial charge in [0.15, 0.2) is 0 Å². The molecule has 0 aliphatic carbocycles. The molecule has 1 atom stereocenters. The second-order valence-corrected chi connectivity index (χ2v) is 5.63. The third-order valence-electron chi connectivity index (χ3n) is 4.12. The van der Waals surface area contributed by atoms with Gasteiger partial charge in [-0.05, 0) is 38.8 Å². The second kappa shape index (κ2) is 6.43. The largest absolute Gasteiger partial charge is 0.392 e. The number of nitrogens with zero attached hydrogens (tertiary/aromatic N) is 4. The third kappa shape index (κ3) is 3.35. The summed E-state index contributed by atoms with van der Waals surface area (Å²) in [6.07, 6.45) is 1.80. The number of rotatable bonds is 6. The first-order valence-corrected chi connectivity index (χ1v) is 7.68. The fourth-order valence-corrected chi connectivity index (χ4v) is 2.79. The fourth-order valence-electron chi connectivity index (χ4n) is 2.79. The summed E-state index contributed by atoms with van der Waals surface area (Å²) in [5.41, 5.74) is 5.49. The van der Waals surface area contributed by atoms with Crippen molar-refractivity contribution < 1.29 is 5.11 Å². The smallest absolute Gasteiger partial charge is 0.0637 e.